The molecule has 0 saturated carbocycles. The average Bonchev–Trinajstić information content (AvgIpc) is 2.66. The number of benzene rings is 1. The van der Waals surface area contributed by atoms with Crippen LogP contribution in [-0.2, 0) is 0 Å². The van der Waals surface area contributed by atoms with Gasteiger partial charge in [0.05, 0.1) is 10.7 Å². The molecule has 1 heterocycles. The van der Waals surface area contributed by atoms with E-state index in [1.807, 2.05) is 0 Å². The van der Waals surface area contributed by atoms with Crippen molar-refractivity contribution in [2.45, 2.75) is 6.92 Å². The molecule has 0 atom stereocenters. The first-order valence-corrected chi connectivity index (χ1v) is 5.51. The first-order chi connectivity index (χ1) is 7.65. The second kappa shape index (κ2) is 4.54. The third kappa shape index (κ3) is 2.53. The highest BCUT2D eigenvalue weighted by Gasteiger charge is 2.00. The summed E-state index contributed by atoms with van der Waals surface area (Å²) in [5, 5.41) is 17.8. The SMILES string of the molecule is Cc1nsc(N=Nc2ccc(O)c(Cl)c2)n1. The molecular weight excluding hydrogens is 248 g/mol. The Morgan fingerprint density at radius 1 is 1.38 bits per heavy atom. The Morgan fingerprint density at radius 2 is 2.19 bits per heavy atom. The lowest BCUT2D eigenvalue weighted by molar-refractivity contribution is 0.475. The van der Waals surface area contributed by atoms with Crippen molar-refractivity contribution in [3.8, 4) is 5.75 Å². The fourth-order valence-electron chi connectivity index (χ4n) is 0.985. The lowest BCUT2D eigenvalue weighted by Gasteiger charge is -1.95. The number of nitrogens with zero attached hydrogens (tertiary/aromatic N) is 4. The van der Waals surface area contributed by atoms with Gasteiger partial charge in [0.15, 0.2) is 0 Å². The average molecular weight is 255 g/mol. The van der Waals surface area contributed by atoms with Gasteiger partial charge in [-0.15, -0.1) is 10.2 Å². The molecule has 0 fully saturated rings. The van der Waals surface area contributed by atoms with E-state index < -0.39 is 0 Å². The Bertz CT molecular complexity index is 540. The van der Waals surface area contributed by atoms with Crippen LogP contribution in [0, 0.1) is 6.92 Å². The van der Waals surface area contributed by atoms with E-state index in [-0.39, 0.29) is 10.8 Å². The van der Waals surface area contributed by atoms with Crippen LogP contribution in [0.5, 0.6) is 5.75 Å². The number of aryl methyl sites for hydroxylation is 1. The van der Waals surface area contributed by atoms with Gasteiger partial charge in [-0.25, -0.2) is 4.98 Å². The molecular formula is C9H7ClN4OS. The summed E-state index contributed by atoms with van der Waals surface area (Å²) in [7, 11) is 0. The maximum atomic E-state index is 9.21. The standard InChI is InChI=1S/C9H7ClN4OS/c1-5-11-9(16-14-5)13-12-6-2-3-8(15)7(10)4-6/h2-4,15H,1H3. The van der Waals surface area contributed by atoms with Gasteiger partial charge in [-0.3, -0.25) is 0 Å². The first-order valence-electron chi connectivity index (χ1n) is 4.36. The summed E-state index contributed by atoms with van der Waals surface area (Å²) in [4.78, 5) is 4.03. The molecule has 0 unspecified atom stereocenters. The van der Waals surface area contributed by atoms with Crippen molar-refractivity contribution >= 4 is 34.0 Å². The van der Waals surface area contributed by atoms with Gasteiger partial charge in [-0.2, -0.15) is 4.37 Å². The van der Waals surface area contributed by atoms with Crippen LogP contribution in [0.15, 0.2) is 28.4 Å². The maximum Gasteiger partial charge on any atom is 0.249 e. The second-order valence-electron chi connectivity index (χ2n) is 2.96. The van der Waals surface area contributed by atoms with Crippen LogP contribution >= 0.6 is 23.1 Å². The highest BCUT2D eigenvalue weighted by molar-refractivity contribution is 7.09. The minimum Gasteiger partial charge on any atom is -0.506 e. The molecule has 0 amide bonds. The first kappa shape index (κ1) is 11.0. The van der Waals surface area contributed by atoms with Crippen LogP contribution in [0.2, 0.25) is 5.02 Å². The largest absolute Gasteiger partial charge is 0.506 e. The van der Waals surface area contributed by atoms with Crippen molar-refractivity contribution in [1.82, 2.24) is 9.36 Å². The van der Waals surface area contributed by atoms with Gasteiger partial charge in [-0.1, -0.05) is 11.6 Å². The third-order valence-corrected chi connectivity index (χ3v) is 2.69. The maximum absolute atomic E-state index is 9.21. The van der Waals surface area contributed by atoms with Gasteiger partial charge in [0.2, 0.25) is 5.13 Å². The molecule has 2 rings (SSSR count). The van der Waals surface area contributed by atoms with Gasteiger partial charge in [0.25, 0.3) is 0 Å². The minimum absolute atomic E-state index is 0.0207. The summed E-state index contributed by atoms with van der Waals surface area (Å²) in [5.41, 5.74) is 0.552. The number of halogens is 1. The summed E-state index contributed by atoms with van der Waals surface area (Å²) in [5.74, 6) is 0.690. The number of rotatable bonds is 2. The highest BCUT2D eigenvalue weighted by atomic mass is 35.5. The molecule has 1 N–H and O–H groups in total. The molecule has 0 bridgehead atoms. The smallest absolute Gasteiger partial charge is 0.249 e. The molecule has 0 radical (unpaired) electrons. The van der Waals surface area contributed by atoms with Crippen molar-refractivity contribution < 1.29 is 5.11 Å². The second-order valence-corrected chi connectivity index (χ2v) is 4.10. The lowest BCUT2D eigenvalue weighted by atomic mass is 10.3. The van der Waals surface area contributed by atoms with E-state index in [0.717, 1.165) is 0 Å². The number of azo groups is 1. The van der Waals surface area contributed by atoms with Crippen LogP contribution < -0.4 is 0 Å². The predicted octanol–water partition coefficient (Wildman–Crippen LogP) is 3.62. The van der Waals surface area contributed by atoms with Crippen molar-refractivity contribution in [2.24, 2.45) is 10.2 Å². The Kier molecular flexibility index (Phi) is 3.12. The molecule has 1 aromatic heterocycles. The number of phenols is 1. The van der Waals surface area contributed by atoms with Crippen LogP contribution in [0.3, 0.4) is 0 Å². The summed E-state index contributed by atoms with van der Waals surface area (Å²) < 4.78 is 3.97. The van der Waals surface area contributed by atoms with Gasteiger partial charge >= 0.3 is 0 Å². The molecule has 1 aromatic carbocycles. The van der Waals surface area contributed by atoms with E-state index >= 15 is 0 Å². The summed E-state index contributed by atoms with van der Waals surface area (Å²) in [6.45, 7) is 1.78. The molecule has 82 valence electrons. The van der Waals surface area contributed by atoms with E-state index in [2.05, 4.69) is 19.6 Å². The van der Waals surface area contributed by atoms with Crippen LogP contribution in [0.1, 0.15) is 5.82 Å². The van der Waals surface area contributed by atoms with Crippen molar-refractivity contribution in [3.63, 3.8) is 0 Å². The summed E-state index contributed by atoms with van der Waals surface area (Å²) in [6, 6.07) is 4.59. The monoisotopic (exact) mass is 254 g/mol. The van der Waals surface area contributed by atoms with Gasteiger partial charge in [0, 0.05) is 11.5 Å². The Labute approximate surface area is 101 Å². The fraction of sp³-hybridized carbons (Fsp3) is 0.111. The molecule has 0 aliphatic carbocycles. The number of hydrogen-bond acceptors (Lipinski definition) is 6. The van der Waals surface area contributed by atoms with Crippen molar-refractivity contribution in [2.75, 3.05) is 0 Å². The molecule has 7 heteroatoms. The van der Waals surface area contributed by atoms with Gasteiger partial charge in [-0.05, 0) is 25.1 Å². The molecule has 16 heavy (non-hydrogen) atoms. The molecule has 0 aliphatic rings. The Morgan fingerprint density at radius 3 is 2.81 bits per heavy atom. The van der Waals surface area contributed by atoms with E-state index in [4.69, 9.17) is 11.6 Å². The Hall–Kier alpha value is -1.53. The quantitative estimate of drug-likeness (QED) is 0.832. The molecule has 0 aliphatic heterocycles. The summed E-state index contributed by atoms with van der Waals surface area (Å²) >= 11 is 6.89. The number of aromatic nitrogens is 2. The van der Waals surface area contributed by atoms with Crippen LogP contribution in [0.25, 0.3) is 0 Å². The zero-order valence-corrected chi connectivity index (χ0v) is 9.83. The normalized spacial score (nSPS) is 11.1. The van der Waals surface area contributed by atoms with Crippen molar-refractivity contribution in [1.29, 1.82) is 0 Å². The van der Waals surface area contributed by atoms with Crippen LogP contribution in [0.4, 0.5) is 10.8 Å². The molecule has 0 spiro atoms. The zero-order valence-electron chi connectivity index (χ0n) is 8.25. The Balaban J connectivity index is 2.20. The van der Waals surface area contributed by atoms with E-state index in [0.29, 0.717) is 16.6 Å². The van der Waals surface area contributed by atoms with Crippen LogP contribution in [-0.4, -0.2) is 14.5 Å². The number of hydrogen-bond donors (Lipinski definition) is 1. The van der Waals surface area contributed by atoms with Gasteiger partial charge in [0.1, 0.15) is 11.6 Å². The minimum atomic E-state index is 0.0207. The predicted molar refractivity (Wildman–Crippen MR) is 61.9 cm³/mol. The number of aromatic hydroxyl groups is 1. The highest BCUT2D eigenvalue weighted by Crippen LogP contribution is 2.28. The molecule has 0 saturated heterocycles. The molecule has 5 nitrogen and oxygen atoms in total. The topological polar surface area (TPSA) is 70.7 Å². The third-order valence-electron chi connectivity index (χ3n) is 1.70. The van der Waals surface area contributed by atoms with Gasteiger partial charge < -0.3 is 5.11 Å². The van der Waals surface area contributed by atoms with Crippen molar-refractivity contribution in [3.05, 3.63) is 29.0 Å². The fourth-order valence-corrected chi connectivity index (χ4v) is 1.66. The molecule has 2 aromatic rings. The lowest BCUT2D eigenvalue weighted by Crippen LogP contribution is -1.69. The van der Waals surface area contributed by atoms with E-state index in [1.54, 1.807) is 13.0 Å². The zero-order chi connectivity index (χ0) is 11.5. The number of phenolic OH excluding ortho intramolecular Hbond substituents is 1. The summed E-state index contributed by atoms with van der Waals surface area (Å²) in [6.07, 6.45) is 0. The van der Waals surface area contributed by atoms with E-state index in [1.165, 1.54) is 23.7 Å². The van der Waals surface area contributed by atoms with E-state index in [9.17, 15) is 5.11 Å².